The number of nitrogens with zero attached hydrogens (tertiary/aromatic N) is 1. The lowest BCUT2D eigenvalue weighted by atomic mass is 9.94. The Balaban J connectivity index is 2.08. The number of hydrogen-bond acceptors (Lipinski definition) is 5. The van der Waals surface area contributed by atoms with E-state index in [9.17, 15) is 20.4 Å². The summed E-state index contributed by atoms with van der Waals surface area (Å²) in [5.41, 5.74) is 0. The maximum atomic E-state index is 9.93. The van der Waals surface area contributed by atoms with Crippen molar-refractivity contribution >= 4 is 0 Å². The van der Waals surface area contributed by atoms with Crippen LogP contribution in [-0.2, 0) is 0 Å². The molecule has 4 atom stereocenters. The van der Waals surface area contributed by atoms with Crippen LogP contribution in [0, 0.1) is 0 Å². The van der Waals surface area contributed by atoms with Gasteiger partial charge in [-0.1, -0.05) is 64.7 Å². The minimum absolute atomic E-state index is 0.192. The molecule has 0 spiro atoms. The maximum Gasteiger partial charge on any atom is 0.109 e. The molecule has 1 heterocycles. The fourth-order valence-electron chi connectivity index (χ4n) is 3.44. The molecule has 1 rings (SSSR count). The van der Waals surface area contributed by atoms with Gasteiger partial charge < -0.3 is 20.4 Å². The Hall–Kier alpha value is -0.200. The van der Waals surface area contributed by atoms with Crippen LogP contribution in [-0.4, -0.2) is 69.4 Å². The van der Waals surface area contributed by atoms with E-state index in [4.69, 9.17) is 0 Å². The highest BCUT2D eigenvalue weighted by Gasteiger charge is 2.40. The van der Waals surface area contributed by atoms with E-state index in [-0.39, 0.29) is 6.61 Å². The van der Waals surface area contributed by atoms with Crippen molar-refractivity contribution in [2.45, 2.75) is 95.5 Å². The van der Waals surface area contributed by atoms with Crippen LogP contribution < -0.4 is 0 Å². The minimum atomic E-state index is -1.16. The minimum Gasteiger partial charge on any atom is -0.395 e. The molecule has 0 saturated carbocycles. The van der Waals surface area contributed by atoms with Crippen LogP contribution in [0.3, 0.4) is 0 Å². The Bertz CT molecular complexity index is 290. The normalized spacial score (nSPS) is 29.1. The second-order valence-electron chi connectivity index (χ2n) is 6.98. The van der Waals surface area contributed by atoms with Gasteiger partial charge in [-0.25, -0.2) is 0 Å². The zero-order chi connectivity index (χ0) is 17.1. The summed E-state index contributed by atoms with van der Waals surface area (Å²) in [4.78, 5) is 1.91. The molecule has 0 bridgehead atoms. The quantitative estimate of drug-likeness (QED) is 0.409. The molecule has 1 aliphatic rings. The average Bonchev–Trinajstić information content (AvgIpc) is 2.54. The van der Waals surface area contributed by atoms with E-state index in [2.05, 4.69) is 6.92 Å². The fourth-order valence-corrected chi connectivity index (χ4v) is 3.44. The number of β-amino-alcohol motifs (C(OH)–C–C–N with tert-alkyl or cyclic N) is 1. The Morgan fingerprint density at radius 1 is 0.783 bits per heavy atom. The Kier molecular flexibility index (Phi) is 11.1. The number of unbranched alkanes of at least 4 members (excludes halogenated alkanes) is 9. The van der Waals surface area contributed by atoms with Crippen LogP contribution in [0.15, 0.2) is 0 Å². The van der Waals surface area contributed by atoms with Crippen molar-refractivity contribution in [1.82, 2.24) is 4.90 Å². The number of aliphatic hydroxyl groups excluding tert-OH is 4. The lowest BCUT2D eigenvalue weighted by Gasteiger charge is -2.43. The van der Waals surface area contributed by atoms with E-state index in [1.807, 2.05) is 4.90 Å². The van der Waals surface area contributed by atoms with Gasteiger partial charge >= 0.3 is 0 Å². The molecule has 0 unspecified atom stereocenters. The van der Waals surface area contributed by atoms with Gasteiger partial charge in [-0.15, -0.1) is 0 Å². The summed E-state index contributed by atoms with van der Waals surface area (Å²) in [6.45, 7) is 3.12. The van der Waals surface area contributed by atoms with E-state index in [1.54, 1.807) is 0 Å². The summed E-state index contributed by atoms with van der Waals surface area (Å²) < 4.78 is 0. The molecular weight excluding hydrogens is 294 g/mol. The maximum absolute atomic E-state index is 9.93. The average molecular weight is 331 g/mol. The molecule has 0 aromatic heterocycles. The molecule has 0 aromatic rings. The third kappa shape index (κ3) is 7.48. The summed E-state index contributed by atoms with van der Waals surface area (Å²) in [5.74, 6) is 0. The van der Waals surface area contributed by atoms with Crippen LogP contribution in [0.1, 0.15) is 71.1 Å². The monoisotopic (exact) mass is 331 g/mol. The topological polar surface area (TPSA) is 84.2 Å². The van der Waals surface area contributed by atoms with Crippen molar-refractivity contribution in [3.8, 4) is 0 Å². The molecule has 0 aliphatic carbocycles. The summed E-state index contributed by atoms with van der Waals surface area (Å²) >= 11 is 0. The second-order valence-corrected chi connectivity index (χ2v) is 6.98. The fraction of sp³-hybridized carbons (Fsp3) is 1.00. The first-order chi connectivity index (χ1) is 11.1. The second kappa shape index (κ2) is 12.2. The van der Waals surface area contributed by atoms with E-state index >= 15 is 0 Å². The zero-order valence-corrected chi connectivity index (χ0v) is 14.7. The third-order valence-electron chi connectivity index (χ3n) is 5.01. The predicted octanol–water partition coefficient (Wildman–Crippen LogP) is 1.67. The van der Waals surface area contributed by atoms with Gasteiger partial charge in [0.25, 0.3) is 0 Å². The van der Waals surface area contributed by atoms with Gasteiger partial charge in [0.1, 0.15) is 12.2 Å². The smallest absolute Gasteiger partial charge is 0.109 e. The molecule has 23 heavy (non-hydrogen) atoms. The van der Waals surface area contributed by atoms with Gasteiger partial charge in [0.2, 0.25) is 0 Å². The van der Waals surface area contributed by atoms with Crippen molar-refractivity contribution in [2.24, 2.45) is 0 Å². The molecule has 5 nitrogen and oxygen atoms in total. The Labute approximate surface area is 141 Å². The summed E-state index contributed by atoms with van der Waals surface area (Å²) in [7, 11) is 0. The Morgan fingerprint density at radius 2 is 1.30 bits per heavy atom. The van der Waals surface area contributed by atoms with Crippen molar-refractivity contribution in [2.75, 3.05) is 19.7 Å². The molecular formula is C18H37NO4. The van der Waals surface area contributed by atoms with E-state index in [0.29, 0.717) is 6.54 Å². The first-order valence-electron chi connectivity index (χ1n) is 9.51. The lowest BCUT2D eigenvalue weighted by molar-refractivity contribution is -0.145. The van der Waals surface area contributed by atoms with E-state index < -0.39 is 24.4 Å². The summed E-state index contributed by atoms with van der Waals surface area (Å²) in [6, 6.07) is -0.466. The molecule has 5 heteroatoms. The molecule has 0 radical (unpaired) electrons. The van der Waals surface area contributed by atoms with Gasteiger partial charge in [0.05, 0.1) is 18.8 Å². The van der Waals surface area contributed by atoms with E-state index in [0.717, 1.165) is 19.4 Å². The number of piperidine rings is 1. The SMILES string of the molecule is CCCCCCCCCCCCN1C[C@H](O)[C@@H](O)[C@H](O)[C@H]1CO. The molecule has 1 fully saturated rings. The molecule has 0 aromatic carbocycles. The third-order valence-corrected chi connectivity index (χ3v) is 5.01. The van der Waals surface area contributed by atoms with Crippen LogP contribution >= 0.6 is 0 Å². The van der Waals surface area contributed by atoms with Crippen molar-refractivity contribution < 1.29 is 20.4 Å². The first kappa shape index (κ1) is 20.8. The van der Waals surface area contributed by atoms with Gasteiger partial charge in [0, 0.05) is 6.54 Å². The number of aliphatic hydroxyl groups is 4. The largest absolute Gasteiger partial charge is 0.395 e. The predicted molar refractivity (Wildman–Crippen MR) is 92.3 cm³/mol. The molecule has 1 saturated heterocycles. The van der Waals surface area contributed by atoms with Gasteiger partial charge in [-0.3, -0.25) is 4.90 Å². The van der Waals surface area contributed by atoms with Crippen molar-refractivity contribution in [3.63, 3.8) is 0 Å². The molecule has 4 N–H and O–H groups in total. The van der Waals surface area contributed by atoms with Crippen LogP contribution in [0.2, 0.25) is 0 Å². The highest BCUT2D eigenvalue weighted by molar-refractivity contribution is 4.93. The van der Waals surface area contributed by atoms with Crippen LogP contribution in [0.4, 0.5) is 0 Å². The standard InChI is InChI=1S/C18H37NO4/c1-2-3-4-5-6-7-8-9-10-11-12-19-13-16(21)18(23)17(22)15(19)14-20/h15-18,20-23H,2-14H2,1H3/t15-,16+,17-,18-/m1/s1. The van der Waals surface area contributed by atoms with Gasteiger partial charge in [-0.05, 0) is 13.0 Å². The number of hydrogen-bond donors (Lipinski definition) is 4. The summed E-state index contributed by atoms with van der Waals surface area (Å²) in [5, 5.41) is 38.8. The highest BCUT2D eigenvalue weighted by atomic mass is 16.4. The Morgan fingerprint density at radius 3 is 1.83 bits per heavy atom. The number of likely N-dealkylation sites (tertiary alicyclic amines) is 1. The van der Waals surface area contributed by atoms with Gasteiger partial charge in [0.15, 0.2) is 0 Å². The molecule has 138 valence electrons. The summed E-state index contributed by atoms with van der Waals surface area (Å²) in [6.07, 6.45) is 9.51. The molecule has 1 aliphatic heterocycles. The number of rotatable bonds is 12. The van der Waals surface area contributed by atoms with Crippen molar-refractivity contribution in [3.05, 3.63) is 0 Å². The van der Waals surface area contributed by atoms with Crippen LogP contribution in [0.5, 0.6) is 0 Å². The van der Waals surface area contributed by atoms with Crippen molar-refractivity contribution in [1.29, 1.82) is 0 Å². The lowest BCUT2D eigenvalue weighted by Crippen LogP contribution is -2.62. The van der Waals surface area contributed by atoms with Crippen LogP contribution in [0.25, 0.3) is 0 Å². The first-order valence-corrected chi connectivity index (χ1v) is 9.51. The van der Waals surface area contributed by atoms with Gasteiger partial charge in [-0.2, -0.15) is 0 Å². The van der Waals surface area contributed by atoms with E-state index in [1.165, 1.54) is 51.4 Å². The zero-order valence-electron chi connectivity index (χ0n) is 14.7. The highest BCUT2D eigenvalue weighted by Crippen LogP contribution is 2.20. The molecule has 0 amide bonds.